The second-order valence-electron chi connectivity index (χ2n) is 3.38. The van der Waals surface area contributed by atoms with Crippen LogP contribution in [0.1, 0.15) is 11.4 Å². The molecule has 1 aliphatic heterocycles. The Labute approximate surface area is 97.1 Å². The predicted molar refractivity (Wildman–Crippen MR) is 62.3 cm³/mol. The molecular formula is C10H10N6O. The standard InChI is InChI=1S/C10H10N6O/c1-7-13-9(8(5-11)10(17)14-7)15-16-4-2-3-12-6-16/h2-4H,6H2,1H3,(H2,13,14,15,17). The van der Waals surface area contributed by atoms with Crippen LogP contribution in [0.15, 0.2) is 22.1 Å². The maximum Gasteiger partial charge on any atom is 0.271 e. The van der Waals surface area contributed by atoms with Crippen molar-refractivity contribution in [3.8, 4) is 6.07 Å². The molecule has 7 heteroatoms. The highest BCUT2D eigenvalue weighted by atomic mass is 16.1. The highest BCUT2D eigenvalue weighted by Crippen LogP contribution is 2.08. The summed E-state index contributed by atoms with van der Waals surface area (Å²) in [4.78, 5) is 22.1. The number of aromatic nitrogens is 2. The van der Waals surface area contributed by atoms with Crippen LogP contribution in [-0.4, -0.2) is 27.9 Å². The molecule has 0 aliphatic carbocycles. The van der Waals surface area contributed by atoms with Gasteiger partial charge in [0.1, 0.15) is 18.6 Å². The maximum absolute atomic E-state index is 11.5. The number of hydrogen-bond acceptors (Lipinski definition) is 6. The molecule has 2 N–H and O–H groups in total. The quantitative estimate of drug-likeness (QED) is 0.752. The zero-order valence-corrected chi connectivity index (χ0v) is 9.14. The second kappa shape index (κ2) is 4.49. The van der Waals surface area contributed by atoms with Gasteiger partial charge in [-0.25, -0.2) is 4.98 Å². The average molecular weight is 230 g/mol. The Balaban J connectivity index is 2.32. The number of rotatable bonds is 2. The first-order valence-corrected chi connectivity index (χ1v) is 4.91. The van der Waals surface area contributed by atoms with Crippen molar-refractivity contribution in [1.29, 1.82) is 5.26 Å². The fourth-order valence-electron chi connectivity index (χ4n) is 1.36. The molecule has 17 heavy (non-hydrogen) atoms. The van der Waals surface area contributed by atoms with Gasteiger partial charge >= 0.3 is 0 Å². The lowest BCUT2D eigenvalue weighted by Gasteiger charge is -2.21. The van der Waals surface area contributed by atoms with E-state index in [-0.39, 0.29) is 11.4 Å². The van der Waals surface area contributed by atoms with Crippen LogP contribution in [0.25, 0.3) is 0 Å². The van der Waals surface area contributed by atoms with E-state index in [4.69, 9.17) is 5.26 Å². The van der Waals surface area contributed by atoms with E-state index in [1.165, 1.54) is 0 Å². The monoisotopic (exact) mass is 230 g/mol. The van der Waals surface area contributed by atoms with Crippen LogP contribution in [-0.2, 0) is 0 Å². The normalized spacial score (nSPS) is 13.5. The van der Waals surface area contributed by atoms with E-state index in [0.717, 1.165) is 0 Å². The average Bonchev–Trinajstić information content (AvgIpc) is 2.30. The number of nitriles is 1. The van der Waals surface area contributed by atoms with Crippen molar-refractivity contribution in [2.75, 3.05) is 12.1 Å². The van der Waals surface area contributed by atoms with Crippen molar-refractivity contribution in [3.05, 3.63) is 34.0 Å². The van der Waals surface area contributed by atoms with Gasteiger partial charge in [-0.15, -0.1) is 0 Å². The fourth-order valence-corrected chi connectivity index (χ4v) is 1.36. The number of H-pyrrole nitrogens is 1. The van der Waals surface area contributed by atoms with Crippen molar-refractivity contribution in [3.63, 3.8) is 0 Å². The van der Waals surface area contributed by atoms with Crippen molar-refractivity contribution in [1.82, 2.24) is 15.0 Å². The minimum absolute atomic E-state index is 0.0430. The number of aliphatic imine (C=N–C) groups is 1. The molecule has 0 radical (unpaired) electrons. The number of aromatic amines is 1. The molecule has 0 unspecified atom stereocenters. The zero-order chi connectivity index (χ0) is 12.3. The van der Waals surface area contributed by atoms with Gasteiger partial charge in [0.25, 0.3) is 5.56 Å². The SMILES string of the molecule is Cc1nc(NN2C=CC=NC2)c(C#N)c(=O)[nH]1. The summed E-state index contributed by atoms with van der Waals surface area (Å²) in [5.74, 6) is 0.677. The van der Waals surface area contributed by atoms with Crippen molar-refractivity contribution >= 4 is 12.0 Å². The summed E-state index contributed by atoms with van der Waals surface area (Å²) in [6.07, 6.45) is 5.15. The van der Waals surface area contributed by atoms with Crippen LogP contribution in [0, 0.1) is 18.3 Å². The Morgan fingerprint density at radius 1 is 1.65 bits per heavy atom. The van der Waals surface area contributed by atoms with Crippen LogP contribution in [0.3, 0.4) is 0 Å². The van der Waals surface area contributed by atoms with Crippen LogP contribution in [0.5, 0.6) is 0 Å². The lowest BCUT2D eigenvalue weighted by Crippen LogP contribution is -2.29. The van der Waals surface area contributed by atoms with Crippen LogP contribution < -0.4 is 11.0 Å². The molecule has 0 atom stereocenters. The van der Waals surface area contributed by atoms with Gasteiger partial charge in [-0.2, -0.15) is 5.26 Å². The minimum Gasteiger partial charge on any atom is -0.309 e. The van der Waals surface area contributed by atoms with Crippen molar-refractivity contribution < 1.29 is 0 Å². The molecule has 1 aromatic heterocycles. The topological polar surface area (TPSA) is 97.2 Å². The van der Waals surface area contributed by atoms with E-state index in [9.17, 15) is 4.79 Å². The van der Waals surface area contributed by atoms with Gasteiger partial charge in [0, 0.05) is 12.4 Å². The van der Waals surface area contributed by atoms with Gasteiger partial charge in [-0.1, -0.05) is 0 Å². The Morgan fingerprint density at radius 2 is 2.47 bits per heavy atom. The molecule has 86 valence electrons. The van der Waals surface area contributed by atoms with Gasteiger partial charge in [0.2, 0.25) is 0 Å². The lowest BCUT2D eigenvalue weighted by atomic mass is 10.3. The van der Waals surface area contributed by atoms with Crippen LogP contribution >= 0.6 is 0 Å². The molecule has 7 nitrogen and oxygen atoms in total. The molecule has 1 aromatic rings. The van der Waals surface area contributed by atoms with Gasteiger partial charge in [0.15, 0.2) is 11.4 Å². The molecule has 0 saturated carbocycles. The smallest absolute Gasteiger partial charge is 0.271 e. The summed E-state index contributed by atoms with van der Waals surface area (Å²) < 4.78 is 0. The van der Waals surface area contributed by atoms with E-state index in [0.29, 0.717) is 12.5 Å². The summed E-state index contributed by atoms with van der Waals surface area (Å²) in [6, 6.07) is 1.82. The minimum atomic E-state index is -0.452. The number of aryl methyl sites for hydroxylation is 1. The molecule has 0 spiro atoms. The number of anilines is 1. The first-order chi connectivity index (χ1) is 8.20. The largest absolute Gasteiger partial charge is 0.309 e. The summed E-state index contributed by atoms with van der Waals surface area (Å²) in [5, 5.41) is 10.5. The third-order valence-electron chi connectivity index (χ3n) is 2.09. The molecule has 2 heterocycles. The molecular weight excluding hydrogens is 220 g/mol. The Bertz CT molecular complexity index is 579. The number of nitrogens with zero attached hydrogens (tertiary/aromatic N) is 4. The Hall–Kier alpha value is -2.62. The summed E-state index contributed by atoms with van der Waals surface area (Å²) in [5.41, 5.74) is 2.37. The van der Waals surface area contributed by atoms with Gasteiger partial charge < -0.3 is 4.98 Å². The Kier molecular flexibility index (Phi) is 2.87. The molecule has 0 saturated heterocycles. The molecule has 0 fully saturated rings. The fraction of sp³-hybridized carbons (Fsp3) is 0.200. The van der Waals surface area contributed by atoms with Gasteiger partial charge in [0.05, 0.1) is 0 Å². The Morgan fingerprint density at radius 3 is 3.12 bits per heavy atom. The number of nitrogens with one attached hydrogen (secondary N) is 2. The highest BCUT2D eigenvalue weighted by Gasteiger charge is 2.11. The van der Waals surface area contributed by atoms with E-state index in [1.807, 2.05) is 6.07 Å². The van der Waals surface area contributed by atoms with Crippen LogP contribution in [0.4, 0.5) is 5.82 Å². The van der Waals surface area contributed by atoms with E-state index >= 15 is 0 Å². The number of allylic oxidation sites excluding steroid dienone is 1. The van der Waals surface area contributed by atoms with Gasteiger partial charge in [-0.05, 0) is 13.0 Å². The third kappa shape index (κ3) is 2.31. The second-order valence-corrected chi connectivity index (χ2v) is 3.38. The zero-order valence-electron chi connectivity index (χ0n) is 9.14. The van der Waals surface area contributed by atoms with E-state index in [1.54, 1.807) is 30.4 Å². The summed E-state index contributed by atoms with van der Waals surface area (Å²) in [6.45, 7) is 2.05. The highest BCUT2D eigenvalue weighted by molar-refractivity contribution is 5.71. The third-order valence-corrected chi connectivity index (χ3v) is 2.09. The van der Waals surface area contributed by atoms with E-state index < -0.39 is 5.56 Å². The maximum atomic E-state index is 11.5. The van der Waals surface area contributed by atoms with Gasteiger partial charge in [-0.3, -0.25) is 20.2 Å². The first kappa shape index (κ1) is 10.9. The molecule has 0 aromatic carbocycles. The summed E-state index contributed by atoms with van der Waals surface area (Å²) in [7, 11) is 0. The first-order valence-electron chi connectivity index (χ1n) is 4.91. The summed E-state index contributed by atoms with van der Waals surface area (Å²) >= 11 is 0. The van der Waals surface area contributed by atoms with Crippen molar-refractivity contribution in [2.45, 2.75) is 6.92 Å². The lowest BCUT2D eigenvalue weighted by molar-refractivity contribution is 0.458. The van der Waals surface area contributed by atoms with E-state index in [2.05, 4.69) is 20.4 Å². The molecule has 0 bridgehead atoms. The predicted octanol–water partition coefficient (Wildman–Crippen LogP) is 0.134. The molecule has 2 rings (SSSR count). The van der Waals surface area contributed by atoms with Crippen LogP contribution in [0.2, 0.25) is 0 Å². The molecule has 0 amide bonds. The number of hydrazine groups is 1. The number of hydrogen-bond donors (Lipinski definition) is 2. The molecule has 1 aliphatic rings. The van der Waals surface area contributed by atoms with Crippen molar-refractivity contribution in [2.24, 2.45) is 4.99 Å².